The van der Waals surface area contributed by atoms with Crippen molar-refractivity contribution >= 4 is 16.8 Å². The molecule has 2 heterocycles. The van der Waals surface area contributed by atoms with Crippen LogP contribution < -0.4 is 0 Å². The van der Waals surface area contributed by atoms with Gasteiger partial charge in [0.25, 0.3) is 5.91 Å². The SMILES string of the molecule is CO[C@@H]1CC[C@H]2OCCN(C(=O)c3ccc4[nH]c(C)c(C)c4c3)[C@H]2C1. The molecular weight excluding hydrogens is 316 g/mol. The van der Waals surface area contributed by atoms with Crippen LogP contribution in [0.3, 0.4) is 0 Å². The number of rotatable bonds is 2. The minimum absolute atomic E-state index is 0.107. The van der Waals surface area contributed by atoms with Gasteiger partial charge in [0.05, 0.1) is 24.9 Å². The van der Waals surface area contributed by atoms with Crippen LogP contribution in [0.2, 0.25) is 0 Å². The average Bonchev–Trinajstić information content (AvgIpc) is 2.93. The molecule has 2 aliphatic rings. The van der Waals surface area contributed by atoms with Gasteiger partial charge in [0.15, 0.2) is 0 Å². The molecule has 1 aromatic carbocycles. The van der Waals surface area contributed by atoms with Gasteiger partial charge in [-0.3, -0.25) is 4.79 Å². The number of H-pyrrole nitrogens is 1. The van der Waals surface area contributed by atoms with Crippen LogP contribution in [0.4, 0.5) is 0 Å². The Bertz CT molecular complexity index is 798. The minimum Gasteiger partial charge on any atom is -0.381 e. The third kappa shape index (κ3) is 2.85. The van der Waals surface area contributed by atoms with Crippen molar-refractivity contribution in [3.05, 3.63) is 35.0 Å². The van der Waals surface area contributed by atoms with E-state index in [1.54, 1.807) is 7.11 Å². The quantitative estimate of drug-likeness (QED) is 0.912. The largest absolute Gasteiger partial charge is 0.381 e. The predicted molar refractivity (Wildman–Crippen MR) is 97.0 cm³/mol. The maximum absolute atomic E-state index is 13.2. The maximum Gasteiger partial charge on any atom is 0.254 e. The van der Waals surface area contributed by atoms with E-state index in [9.17, 15) is 4.79 Å². The molecule has 1 N–H and O–H groups in total. The standard InChI is InChI=1S/C20H26N2O3/c1-12-13(2)21-17-6-4-14(10-16(12)17)20(23)22-8-9-25-19-7-5-15(24-3)11-18(19)22/h4,6,10,15,18-19,21H,5,7-9,11H2,1-3H3/t15-,18+,19-/m1/s1. The second-order valence-electron chi connectivity index (χ2n) is 7.28. The normalized spacial score (nSPS) is 26.7. The second kappa shape index (κ2) is 6.46. The molecule has 25 heavy (non-hydrogen) atoms. The number of fused-ring (bicyclic) bond motifs is 2. The molecule has 0 radical (unpaired) electrons. The molecule has 1 amide bonds. The molecule has 1 saturated carbocycles. The number of methoxy groups -OCH3 is 1. The Morgan fingerprint density at radius 3 is 2.96 bits per heavy atom. The Labute approximate surface area is 148 Å². The summed E-state index contributed by atoms with van der Waals surface area (Å²) in [5, 5.41) is 1.13. The van der Waals surface area contributed by atoms with Crippen LogP contribution in [0, 0.1) is 13.8 Å². The van der Waals surface area contributed by atoms with Gasteiger partial charge in [0.2, 0.25) is 0 Å². The molecule has 4 rings (SSSR count). The van der Waals surface area contributed by atoms with Crippen LogP contribution in [0.15, 0.2) is 18.2 Å². The lowest BCUT2D eigenvalue weighted by Crippen LogP contribution is -2.56. The van der Waals surface area contributed by atoms with Crippen LogP contribution in [0.25, 0.3) is 10.9 Å². The van der Waals surface area contributed by atoms with E-state index in [0.29, 0.717) is 13.2 Å². The summed E-state index contributed by atoms with van der Waals surface area (Å²) >= 11 is 0. The second-order valence-corrected chi connectivity index (χ2v) is 7.28. The van der Waals surface area contributed by atoms with Crippen molar-refractivity contribution in [3.8, 4) is 0 Å². The molecule has 1 saturated heterocycles. The molecular formula is C20H26N2O3. The smallest absolute Gasteiger partial charge is 0.254 e. The fourth-order valence-electron chi connectivity index (χ4n) is 4.30. The van der Waals surface area contributed by atoms with Crippen molar-refractivity contribution in [1.82, 2.24) is 9.88 Å². The first-order chi connectivity index (χ1) is 12.1. The number of carbonyl (C=O) groups is 1. The van der Waals surface area contributed by atoms with Crippen molar-refractivity contribution in [1.29, 1.82) is 0 Å². The first kappa shape index (κ1) is 16.6. The summed E-state index contributed by atoms with van der Waals surface area (Å²) in [7, 11) is 1.76. The lowest BCUT2D eigenvalue weighted by atomic mass is 9.87. The number of aromatic nitrogens is 1. The van der Waals surface area contributed by atoms with Gasteiger partial charge in [-0.15, -0.1) is 0 Å². The third-order valence-corrected chi connectivity index (χ3v) is 5.92. The maximum atomic E-state index is 13.2. The monoisotopic (exact) mass is 342 g/mol. The Kier molecular flexibility index (Phi) is 4.29. The molecule has 2 aromatic rings. The summed E-state index contributed by atoms with van der Waals surface area (Å²) in [5.41, 5.74) is 4.21. The Morgan fingerprint density at radius 2 is 2.16 bits per heavy atom. The van der Waals surface area contributed by atoms with Crippen LogP contribution in [0.5, 0.6) is 0 Å². The number of hydrogen-bond donors (Lipinski definition) is 1. The first-order valence-corrected chi connectivity index (χ1v) is 9.12. The summed E-state index contributed by atoms with van der Waals surface area (Å²) in [6.45, 7) is 5.43. The zero-order valence-corrected chi connectivity index (χ0v) is 15.2. The van der Waals surface area contributed by atoms with Gasteiger partial charge in [0, 0.05) is 35.8 Å². The highest BCUT2D eigenvalue weighted by Crippen LogP contribution is 2.31. The highest BCUT2D eigenvalue weighted by Gasteiger charge is 2.40. The number of nitrogens with zero attached hydrogens (tertiary/aromatic N) is 1. The zero-order chi connectivity index (χ0) is 17.6. The molecule has 3 atom stereocenters. The number of carbonyl (C=O) groups excluding carboxylic acids is 1. The van der Waals surface area contributed by atoms with E-state index in [0.717, 1.165) is 41.4 Å². The Hall–Kier alpha value is -1.85. The highest BCUT2D eigenvalue weighted by atomic mass is 16.5. The van der Waals surface area contributed by atoms with Gasteiger partial charge in [-0.2, -0.15) is 0 Å². The van der Waals surface area contributed by atoms with Gasteiger partial charge in [-0.25, -0.2) is 0 Å². The van der Waals surface area contributed by atoms with Crippen LogP contribution >= 0.6 is 0 Å². The van der Waals surface area contributed by atoms with Crippen LogP contribution in [-0.4, -0.2) is 54.3 Å². The fourth-order valence-corrected chi connectivity index (χ4v) is 4.30. The van der Waals surface area contributed by atoms with Crippen molar-refractivity contribution in [2.45, 2.75) is 51.4 Å². The van der Waals surface area contributed by atoms with Crippen molar-refractivity contribution < 1.29 is 14.3 Å². The van der Waals surface area contributed by atoms with Gasteiger partial charge in [0.1, 0.15) is 0 Å². The molecule has 5 nitrogen and oxygen atoms in total. The molecule has 2 fully saturated rings. The molecule has 134 valence electrons. The topological polar surface area (TPSA) is 54.6 Å². The van der Waals surface area contributed by atoms with E-state index in [-0.39, 0.29) is 24.2 Å². The number of hydrogen-bond acceptors (Lipinski definition) is 3. The highest BCUT2D eigenvalue weighted by molar-refractivity contribution is 5.99. The Morgan fingerprint density at radius 1 is 1.32 bits per heavy atom. The van der Waals surface area contributed by atoms with Gasteiger partial charge < -0.3 is 19.4 Å². The first-order valence-electron chi connectivity index (χ1n) is 9.12. The third-order valence-electron chi connectivity index (χ3n) is 5.92. The summed E-state index contributed by atoms with van der Waals surface area (Å²) in [6, 6.07) is 6.09. The lowest BCUT2D eigenvalue weighted by Gasteiger charge is -2.45. The lowest BCUT2D eigenvalue weighted by molar-refractivity contribution is -0.101. The molecule has 5 heteroatoms. The number of ether oxygens (including phenoxy) is 2. The van der Waals surface area contributed by atoms with E-state index in [1.165, 1.54) is 5.56 Å². The van der Waals surface area contributed by atoms with E-state index >= 15 is 0 Å². The number of benzene rings is 1. The van der Waals surface area contributed by atoms with Gasteiger partial charge in [-0.05, 0) is 56.9 Å². The number of amides is 1. The van der Waals surface area contributed by atoms with Crippen molar-refractivity contribution in [2.75, 3.05) is 20.3 Å². The molecule has 1 aliphatic carbocycles. The van der Waals surface area contributed by atoms with Gasteiger partial charge in [-0.1, -0.05) is 0 Å². The van der Waals surface area contributed by atoms with E-state index < -0.39 is 0 Å². The molecule has 1 aromatic heterocycles. The predicted octanol–water partition coefficient (Wildman–Crippen LogP) is 3.19. The van der Waals surface area contributed by atoms with Crippen molar-refractivity contribution in [2.24, 2.45) is 0 Å². The van der Waals surface area contributed by atoms with E-state index in [4.69, 9.17) is 9.47 Å². The zero-order valence-electron chi connectivity index (χ0n) is 15.2. The minimum atomic E-state index is 0.107. The van der Waals surface area contributed by atoms with E-state index in [1.807, 2.05) is 23.1 Å². The summed E-state index contributed by atoms with van der Waals surface area (Å²) in [6.07, 6.45) is 3.19. The van der Waals surface area contributed by atoms with Crippen molar-refractivity contribution in [3.63, 3.8) is 0 Å². The molecule has 1 aliphatic heterocycles. The fraction of sp³-hybridized carbons (Fsp3) is 0.550. The number of aromatic amines is 1. The molecule has 0 unspecified atom stereocenters. The van der Waals surface area contributed by atoms with Crippen LogP contribution in [-0.2, 0) is 9.47 Å². The summed E-state index contributed by atoms with van der Waals surface area (Å²) in [4.78, 5) is 18.6. The number of nitrogens with one attached hydrogen (secondary N) is 1. The molecule has 0 bridgehead atoms. The van der Waals surface area contributed by atoms with E-state index in [2.05, 4.69) is 18.8 Å². The summed E-state index contributed by atoms with van der Waals surface area (Å²) < 4.78 is 11.5. The van der Waals surface area contributed by atoms with Gasteiger partial charge >= 0.3 is 0 Å². The number of morpholine rings is 1. The summed E-state index contributed by atoms with van der Waals surface area (Å²) in [5.74, 6) is 0.107. The average molecular weight is 342 g/mol. The number of aryl methyl sites for hydroxylation is 2. The Balaban J connectivity index is 1.63. The molecule has 0 spiro atoms. The van der Waals surface area contributed by atoms with Crippen LogP contribution in [0.1, 0.15) is 40.9 Å².